The molecule has 2 rings (SSSR count). The highest BCUT2D eigenvalue weighted by molar-refractivity contribution is 6.74. The third-order valence-electron chi connectivity index (χ3n) is 6.81. The molecule has 0 bridgehead atoms. The second-order valence-electron chi connectivity index (χ2n) is 11.4. The van der Waals surface area contributed by atoms with E-state index in [9.17, 15) is 9.59 Å². The van der Waals surface area contributed by atoms with Crippen LogP contribution in [0.2, 0.25) is 18.1 Å². The monoisotopic (exact) mass is 465 g/mol. The number of likely N-dealkylation sites (tertiary alicyclic amines) is 1. The molecule has 5 nitrogen and oxygen atoms in total. The molecule has 32 heavy (non-hydrogen) atoms. The quantitative estimate of drug-likeness (QED) is 0.385. The summed E-state index contributed by atoms with van der Waals surface area (Å²) in [4.78, 5) is 27.8. The predicted octanol–water partition coefficient (Wildman–Crippen LogP) is 5.67. The van der Waals surface area contributed by atoms with Crippen LogP contribution in [0.3, 0.4) is 0 Å². The van der Waals surface area contributed by atoms with Gasteiger partial charge in [0, 0.05) is 13.2 Å². The van der Waals surface area contributed by atoms with Crippen molar-refractivity contribution in [2.24, 2.45) is 5.41 Å². The van der Waals surface area contributed by atoms with E-state index in [2.05, 4.69) is 33.9 Å². The lowest BCUT2D eigenvalue weighted by Crippen LogP contribution is -2.47. The minimum atomic E-state index is -2.09. The molecular weight excluding hydrogens is 425 g/mol. The number of hydrogen-bond donors (Lipinski definition) is 0. The summed E-state index contributed by atoms with van der Waals surface area (Å²) in [6, 6.07) is 9.11. The van der Waals surface area contributed by atoms with Gasteiger partial charge in [0.1, 0.15) is 11.0 Å². The zero-order valence-electron chi connectivity index (χ0n) is 21.1. The van der Waals surface area contributed by atoms with Crippen molar-refractivity contribution in [3.8, 4) is 0 Å². The molecule has 1 aromatic carbocycles. The largest absolute Gasteiger partial charge is 0.459 e. The summed E-state index contributed by atoms with van der Waals surface area (Å²) in [7, 11) is -2.09. The number of carbonyl (C=O) groups is 2. The Bertz CT molecular complexity index is 815. The smallest absolute Gasteiger partial charge is 0.318 e. The Morgan fingerprint density at radius 2 is 1.75 bits per heavy atom. The normalized spacial score (nSPS) is 23.4. The number of nitrogens with zero attached hydrogens (tertiary/aromatic N) is 1. The number of alkyl halides is 1. The van der Waals surface area contributed by atoms with Gasteiger partial charge in [0.2, 0.25) is 0 Å². The Morgan fingerprint density at radius 1 is 1.19 bits per heavy atom. The first-order valence-electron chi connectivity index (χ1n) is 11.4. The fraction of sp³-hybridized carbons (Fsp3) is 0.680. The minimum Gasteiger partial charge on any atom is -0.459 e. The highest BCUT2D eigenvalue weighted by Crippen LogP contribution is 2.44. The molecule has 0 radical (unpaired) electrons. The third-order valence-corrected chi connectivity index (χ3v) is 11.3. The number of ether oxygens (including phenoxy) is 1. The van der Waals surface area contributed by atoms with Gasteiger partial charge in [-0.3, -0.25) is 9.59 Å². The first-order valence-corrected chi connectivity index (χ1v) is 14.3. The predicted molar refractivity (Wildman–Crippen MR) is 128 cm³/mol. The Hall–Kier alpha value is -1.73. The molecule has 180 valence electrons. The Labute approximate surface area is 193 Å². The molecule has 0 N–H and O–H groups in total. The fourth-order valence-corrected chi connectivity index (χ4v) is 4.69. The molecule has 7 heteroatoms. The number of carbonyl (C=O) groups excluding carboxylic acids is 2. The van der Waals surface area contributed by atoms with Crippen LogP contribution in [-0.4, -0.2) is 50.0 Å². The van der Waals surface area contributed by atoms with Crippen LogP contribution < -0.4 is 0 Å². The summed E-state index contributed by atoms with van der Waals surface area (Å²) in [6.07, 6.45) is -1.87. The van der Waals surface area contributed by atoms with Crippen LogP contribution in [0.25, 0.3) is 0 Å². The SMILES string of the molecule is C[C@H](c1ccccc1)N1C[C@@](CCO[Si](C)(C)C(C)(C)C)(C(=O)OC(C)(C)C)C(F)C1=O. The third kappa shape index (κ3) is 5.60. The van der Waals surface area contributed by atoms with Gasteiger partial charge in [-0.25, -0.2) is 4.39 Å². The van der Waals surface area contributed by atoms with Gasteiger partial charge >= 0.3 is 5.97 Å². The molecule has 1 aromatic rings. The molecule has 0 spiro atoms. The van der Waals surface area contributed by atoms with Crippen molar-refractivity contribution < 1.29 is 23.1 Å². The molecule has 1 aliphatic heterocycles. The summed E-state index contributed by atoms with van der Waals surface area (Å²) < 4.78 is 27.6. The summed E-state index contributed by atoms with van der Waals surface area (Å²) >= 11 is 0. The van der Waals surface area contributed by atoms with Crippen molar-refractivity contribution in [3.05, 3.63) is 35.9 Å². The number of esters is 1. The van der Waals surface area contributed by atoms with Gasteiger partial charge in [-0.05, 0) is 57.8 Å². The van der Waals surface area contributed by atoms with E-state index in [1.165, 1.54) is 4.90 Å². The number of benzene rings is 1. The van der Waals surface area contributed by atoms with E-state index in [0.29, 0.717) is 0 Å². The van der Waals surface area contributed by atoms with Crippen LogP contribution in [0.5, 0.6) is 0 Å². The van der Waals surface area contributed by atoms with Gasteiger partial charge in [0.15, 0.2) is 14.5 Å². The van der Waals surface area contributed by atoms with Crippen LogP contribution in [0.1, 0.15) is 66.5 Å². The van der Waals surface area contributed by atoms with E-state index >= 15 is 4.39 Å². The lowest BCUT2D eigenvalue weighted by Gasteiger charge is -2.38. The van der Waals surface area contributed by atoms with Crippen molar-refractivity contribution in [2.45, 2.75) is 90.8 Å². The van der Waals surface area contributed by atoms with Crippen LogP contribution in [0, 0.1) is 5.41 Å². The highest BCUT2D eigenvalue weighted by atomic mass is 28.4. The lowest BCUT2D eigenvalue weighted by molar-refractivity contribution is -0.171. The topological polar surface area (TPSA) is 55.8 Å². The fourth-order valence-electron chi connectivity index (χ4n) is 3.64. The zero-order chi connectivity index (χ0) is 24.5. The van der Waals surface area contributed by atoms with E-state index in [1.54, 1.807) is 20.8 Å². The maximum Gasteiger partial charge on any atom is 0.318 e. The zero-order valence-corrected chi connectivity index (χ0v) is 22.1. The molecule has 0 aliphatic carbocycles. The molecule has 1 amide bonds. The second-order valence-corrected chi connectivity index (χ2v) is 16.2. The summed E-state index contributed by atoms with van der Waals surface area (Å²) in [5, 5.41) is -0.0133. The van der Waals surface area contributed by atoms with Crippen LogP contribution in [0.15, 0.2) is 30.3 Å². The van der Waals surface area contributed by atoms with Gasteiger partial charge < -0.3 is 14.1 Å². The number of halogens is 1. The number of hydrogen-bond acceptors (Lipinski definition) is 4. The minimum absolute atomic E-state index is 0.0133. The van der Waals surface area contributed by atoms with Gasteiger partial charge in [0.05, 0.1) is 6.04 Å². The number of amides is 1. The average molecular weight is 466 g/mol. The summed E-state index contributed by atoms with van der Waals surface area (Å²) in [5.41, 5.74) is -1.48. The summed E-state index contributed by atoms with van der Waals surface area (Å²) in [5.74, 6) is -1.34. The van der Waals surface area contributed by atoms with Crippen molar-refractivity contribution >= 4 is 20.2 Å². The first kappa shape index (κ1) is 26.5. The Balaban J connectivity index is 2.34. The van der Waals surface area contributed by atoms with Gasteiger partial charge in [0.25, 0.3) is 5.91 Å². The van der Waals surface area contributed by atoms with Crippen molar-refractivity contribution in [2.75, 3.05) is 13.2 Å². The van der Waals surface area contributed by atoms with Crippen molar-refractivity contribution in [1.29, 1.82) is 0 Å². The maximum atomic E-state index is 15.7. The summed E-state index contributed by atoms with van der Waals surface area (Å²) in [6.45, 7) is 17.9. The van der Waals surface area contributed by atoms with E-state index in [1.807, 2.05) is 37.3 Å². The van der Waals surface area contributed by atoms with Gasteiger partial charge in [-0.1, -0.05) is 51.1 Å². The average Bonchev–Trinajstić information content (AvgIpc) is 2.92. The van der Waals surface area contributed by atoms with Gasteiger partial charge in [-0.15, -0.1) is 0 Å². The molecule has 1 unspecified atom stereocenters. The van der Waals surface area contributed by atoms with E-state index < -0.39 is 37.4 Å². The van der Waals surface area contributed by atoms with Crippen molar-refractivity contribution in [1.82, 2.24) is 4.90 Å². The van der Waals surface area contributed by atoms with E-state index in [-0.39, 0.29) is 30.7 Å². The first-order chi connectivity index (χ1) is 14.5. The van der Waals surface area contributed by atoms with E-state index in [4.69, 9.17) is 9.16 Å². The molecule has 1 aliphatic rings. The molecular formula is C25H40FNO4Si. The maximum absolute atomic E-state index is 15.7. The molecule has 0 saturated carbocycles. The lowest BCUT2D eigenvalue weighted by atomic mass is 9.82. The van der Waals surface area contributed by atoms with Crippen molar-refractivity contribution in [3.63, 3.8) is 0 Å². The number of rotatable bonds is 7. The standard InChI is InChI=1S/C25H40FNO4Si/c1-18(19-13-11-10-12-14-19)27-17-25(20(26)21(27)28,22(29)31-23(2,3)4)15-16-30-32(8,9)24(5,6)7/h10-14,18,20H,15-17H2,1-9H3/t18-,20?,25-/m1/s1. The molecule has 1 saturated heterocycles. The van der Waals surface area contributed by atoms with Crippen LogP contribution in [0.4, 0.5) is 4.39 Å². The van der Waals surface area contributed by atoms with Crippen LogP contribution in [-0.2, 0) is 18.8 Å². The highest BCUT2D eigenvalue weighted by Gasteiger charge is 2.60. The molecule has 0 aromatic heterocycles. The van der Waals surface area contributed by atoms with Gasteiger partial charge in [-0.2, -0.15) is 0 Å². The Kier molecular flexibility index (Phi) is 7.67. The molecule has 1 heterocycles. The van der Waals surface area contributed by atoms with E-state index in [0.717, 1.165) is 5.56 Å². The second kappa shape index (κ2) is 9.25. The molecule has 3 atom stereocenters. The molecule has 1 fully saturated rings. The van der Waals surface area contributed by atoms with Crippen LogP contribution >= 0.6 is 0 Å². The Morgan fingerprint density at radius 3 is 2.25 bits per heavy atom.